The van der Waals surface area contributed by atoms with Crippen molar-refractivity contribution in [2.24, 2.45) is 16.7 Å². The summed E-state index contributed by atoms with van der Waals surface area (Å²) in [6, 6.07) is 0. The van der Waals surface area contributed by atoms with Crippen LogP contribution in [0.2, 0.25) is 0 Å². The largest absolute Gasteiger partial charge is 0.0991 e. The van der Waals surface area contributed by atoms with Gasteiger partial charge in [0, 0.05) is 5.92 Å². The lowest BCUT2D eigenvalue weighted by molar-refractivity contribution is 0.245. The lowest BCUT2D eigenvalue weighted by Gasteiger charge is -2.40. The molecule has 20 heavy (non-hydrogen) atoms. The topological polar surface area (TPSA) is 0 Å². The molecule has 0 bridgehead atoms. The molecule has 0 fully saturated rings. The van der Waals surface area contributed by atoms with E-state index in [1.807, 2.05) is 6.08 Å². The van der Waals surface area contributed by atoms with E-state index in [0.29, 0.717) is 5.92 Å². The Hall–Kier alpha value is -1.30. The zero-order valence-electron chi connectivity index (χ0n) is 14.1. The van der Waals surface area contributed by atoms with Gasteiger partial charge in [0.15, 0.2) is 0 Å². The summed E-state index contributed by atoms with van der Waals surface area (Å²) in [5.74, 6) is 0.453. The number of allylic oxidation sites excluding steroid dienone is 8. The lowest BCUT2D eigenvalue weighted by atomic mass is 9.64. The highest BCUT2D eigenvalue weighted by molar-refractivity contribution is 5.52. The first-order valence-corrected chi connectivity index (χ1v) is 7.55. The molecule has 1 atom stereocenters. The van der Waals surface area contributed by atoms with Gasteiger partial charge in [0.25, 0.3) is 0 Å². The molecule has 110 valence electrons. The number of hydrogen-bond donors (Lipinski definition) is 0. The Balaban J connectivity index is 3.20. The van der Waals surface area contributed by atoms with Crippen LogP contribution in [-0.4, -0.2) is 0 Å². The summed E-state index contributed by atoms with van der Waals surface area (Å²) in [4.78, 5) is 0. The molecule has 0 N–H and O–H groups in total. The molecule has 0 nitrogen and oxygen atoms in total. The molecule has 0 aromatic rings. The number of rotatable bonds is 5. The molecule has 0 spiro atoms. The first-order chi connectivity index (χ1) is 9.15. The summed E-state index contributed by atoms with van der Waals surface area (Å²) in [7, 11) is 0. The van der Waals surface area contributed by atoms with Crippen LogP contribution >= 0.6 is 0 Å². The van der Waals surface area contributed by atoms with Crippen molar-refractivity contribution in [2.45, 2.75) is 48.0 Å². The molecular weight excluding hydrogens is 240 g/mol. The molecule has 1 rings (SSSR count). The highest BCUT2D eigenvalue weighted by Gasteiger charge is 2.40. The van der Waals surface area contributed by atoms with Crippen molar-refractivity contribution in [2.75, 3.05) is 0 Å². The van der Waals surface area contributed by atoms with Crippen molar-refractivity contribution < 1.29 is 0 Å². The highest BCUT2D eigenvalue weighted by atomic mass is 14.4. The van der Waals surface area contributed by atoms with Crippen LogP contribution in [-0.2, 0) is 0 Å². The third kappa shape index (κ3) is 3.42. The Kier molecular flexibility index (Phi) is 5.02. The van der Waals surface area contributed by atoms with Crippen molar-refractivity contribution in [1.82, 2.24) is 0 Å². The average molecular weight is 270 g/mol. The molecule has 0 amide bonds. The second-order valence-corrected chi connectivity index (χ2v) is 7.39. The predicted molar refractivity (Wildman–Crippen MR) is 91.7 cm³/mol. The molecule has 0 heteroatoms. The van der Waals surface area contributed by atoms with E-state index in [2.05, 4.69) is 72.9 Å². The van der Waals surface area contributed by atoms with Crippen LogP contribution in [0.25, 0.3) is 0 Å². The van der Waals surface area contributed by atoms with E-state index in [4.69, 9.17) is 0 Å². The van der Waals surface area contributed by atoms with Crippen molar-refractivity contribution in [1.29, 1.82) is 0 Å². The molecule has 0 aromatic carbocycles. The second kappa shape index (κ2) is 5.99. The summed E-state index contributed by atoms with van der Waals surface area (Å²) < 4.78 is 0. The summed E-state index contributed by atoms with van der Waals surface area (Å²) in [6.45, 7) is 21.9. The molecule has 0 aromatic heterocycles. The summed E-state index contributed by atoms with van der Waals surface area (Å²) in [5.41, 5.74) is 4.42. The van der Waals surface area contributed by atoms with E-state index in [1.54, 1.807) is 6.08 Å². The minimum atomic E-state index is 0.192. The van der Waals surface area contributed by atoms with Gasteiger partial charge >= 0.3 is 0 Å². The van der Waals surface area contributed by atoms with Crippen LogP contribution in [0.3, 0.4) is 0 Å². The first-order valence-electron chi connectivity index (χ1n) is 7.55. The summed E-state index contributed by atoms with van der Waals surface area (Å²) in [6.07, 6.45) is 11.6. The van der Waals surface area contributed by atoms with Crippen LogP contribution in [0.15, 0.2) is 60.3 Å². The van der Waals surface area contributed by atoms with E-state index in [0.717, 1.165) is 12.0 Å². The van der Waals surface area contributed by atoms with Gasteiger partial charge in [-0.3, -0.25) is 0 Å². The van der Waals surface area contributed by atoms with Gasteiger partial charge in [0.1, 0.15) is 0 Å². The highest BCUT2D eigenvalue weighted by Crippen LogP contribution is 2.51. The predicted octanol–water partition coefficient (Wildman–Crippen LogP) is 6.25. The van der Waals surface area contributed by atoms with E-state index < -0.39 is 0 Å². The fraction of sp³-hybridized carbons (Fsp3) is 0.500. The van der Waals surface area contributed by atoms with Gasteiger partial charge in [-0.15, -0.1) is 0 Å². The van der Waals surface area contributed by atoms with E-state index in [1.165, 1.54) is 11.1 Å². The molecule has 0 saturated heterocycles. The fourth-order valence-electron chi connectivity index (χ4n) is 2.84. The van der Waals surface area contributed by atoms with Crippen LogP contribution in [0.5, 0.6) is 0 Å². The molecule has 1 aliphatic carbocycles. The molecule has 1 aliphatic rings. The SMILES string of the molecule is C=C/C=C\C(=C)C1=CC=C(C(C)(C)C)C1C(C)(C)CC. The Morgan fingerprint density at radius 2 is 1.80 bits per heavy atom. The minimum absolute atomic E-state index is 0.192. The second-order valence-electron chi connectivity index (χ2n) is 7.39. The quantitative estimate of drug-likeness (QED) is 0.518. The third-order valence-corrected chi connectivity index (χ3v) is 4.43. The zero-order chi connectivity index (χ0) is 15.6. The maximum atomic E-state index is 4.25. The zero-order valence-corrected chi connectivity index (χ0v) is 14.1. The van der Waals surface area contributed by atoms with Crippen LogP contribution < -0.4 is 0 Å². The monoisotopic (exact) mass is 270 g/mol. The molecule has 0 saturated carbocycles. The number of hydrogen-bond acceptors (Lipinski definition) is 0. The smallest absolute Gasteiger partial charge is 0.0113 e. The van der Waals surface area contributed by atoms with Gasteiger partial charge in [-0.1, -0.05) is 97.1 Å². The van der Waals surface area contributed by atoms with Crippen LogP contribution in [0.1, 0.15) is 48.0 Å². The van der Waals surface area contributed by atoms with Gasteiger partial charge in [0.05, 0.1) is 0 Å². The maximum absolute atomic E-state index is 4.25. The molecule has 0 aliphatic heterocycles. The van der Waals surface area contributed by atoms with Crippen molar-refractivity contribution in [3.8, 4) is 0 Å². The van der Waals surface area contributed by atoms with Gasteiger partial charge in [0.2, 0.25) is 0 Å². The average Bonchev–Trinajstić information content (AvgIpc) is 2.81. The summed E-state index contributed by atoms with van der Waals surface area (Å²) in [5, 5.41) is 0. The molecular formula is C20H30. The molecule has 0 radical (unpaired) electrons. The van der Waals surface area contributed by atoms with E-state index in [-0.39, 0.29) is 10.8 Å². The van der Waals surface area contributed by atoms with Crippen molar-refractivity contribution >= 4 is 0 Å². The van der Waals surface area contributed by atoms with Gasteiger partial charge in [-0.25, -0.2) is 0 Å². The minimum Gasteiger partial charge on any atom is -0.0991 e. The first kappa shape index (κ1) is 16.8. The normalized spacial score (nSPS) is 20.0. The lowest BCUT2D eigenvalue weighted by Crippen LogP contribution is -2.30. The molecule has 1 unspecified atom stereocenters. The van der Waals surface area contributed by atoms with Gasteiger partial charge < -0.3 is 0 Å². The van der Waals surface area contributed by atoms with Crippen LogP contribution in [0.4, 0.5) is 0 Å². The van der Waals surface area contributed by atoms with Gasteiger partial charge in [-0.05, 0) is 22.0 Å². The van der Waals surface area contributed by atoms with Crippen LogP contribution in [0, 0.1) is 16.7 Å². The van der Waals surface area contributed by atoms with Crippen molar-refractivity contribution in [3.63, 3.8) is 0 Å². The summed E-state index contributed by atoms with van der Waals surface area (Å²) >= 11 is 0. The van der Waals surface area contributed by atoms with E-state index in [9.17, 15) is 0 Å². The standard InChI is InChI=1S/C20H30/c1-9-11-12-15(3)16-13-14-17(19(4,5)6)18(16)20(7,8)10-2/h9,11-14,18H,1,3,10H2,2,4-8H3/b12-11-. The Morgan fingerprint density at radius 3 is 2.25 bits per heavy atom. The third-order valence-electron chi connectivity index (χ3n) is 4.43. The van der Waals surface area contributed by atoms with Gasteiger partial charge in [-0.2, -0.15) is 0 Å². The Labute approximate surface area is 125 Å². The fourth-order valence-corrected chi connectivity index (χ4v) is 2.84. The Bertz CT molecular complexity index is 473. The maximum Gasteiger partial charge on any atom is 0.0113 e. The Morgan fingerprint density at radius 1 is 1.20 bits per heavy atom. The van der Waals surface area contributed by atoms with E-state index >= 15 is 0 Å². The molecule has 0 heterocycles. The van der Waals surface area contributed by atoms with Crippen molar-refractivity contribution in [3.05, 3.63) is 60.3 Å².